The fraction of sp³-hybridized carbons (Fsp3) is 0.825. The van der Waals surface area contributed by atoms with Crippen LogP contribution in [0.5, 0.6) is 17.2 Å². The lowest BCUT2D eigenvalue weighted by atomic mass is 10.0. The highest BCUT2D eigenvalue weighted by Crippen LogP contribution is 2.40. The molecule has 9 nitrogen and oxygen atoms in total. The number of esters is 1. The molecule has 284 valence electrons. The molecule has 1 heterocycles. The lowest BCUT2D eigenvalue weighted by molar-refractivity contribution is 0.0480. The molecule has 0 radical (unpaired) electrons. The van der Waals surface area contributed by atoms with E-state index in [-0.39, 0.29) is 12.6 Å². The Balaban J connectivity index is 2.08. The predicted octanol–water partition coefficient (Wildman–Crippen LogP) is 7.87. The van der Waals surface area contributed by atoms with Crippen molar-refractivity contribution in [1.82, 2.24) is 9.80 Å². The highest BCUT2D eigenvalue weighted by atomic mass is 16.5. The molecule has 0 bridgehead atoms. The van der Waals surface area contributed by atoms with Crippen LogP contribution in [0.1, 0.15) is 123 Å². The van der Waals surface area contributed by atoms with Crippen molar-refractivity contribution >= 4 is 5.97 Å². The van der Waals surface area contributed by atoms with Crippen molar-refractivity contribution in [2.24, 2.45) is 17.8 Å². The van der Waals surface area contributed by atoms with E-state index >= 15 is 0 Å². The molecule has 0 saturated carbocycles. The summed E-state index contributed by atoms with van der Waals surface area (Å²) in [6.45, 7) is 22.5. The number of hydrogen-bond acceptors (Lipinski definition) is 9. The Labute approximate surface area is 299 Å². The van der Waals surface area contributed by atoms with Crippen LogP contribution in [0.2, 0.25) is 0 Å². The highest BCUT2D eigenvalue weighted by Gasteiger charge is 2.23. The van der Waals surface area contributed by atoms with Gasteiger partial charge in [-0.2, -0.15) is 0 Å². The van der Waals surface area contributed by atoms with Gasteiger partial charge in [-0.25, -0.2) is 4.79 Å². The molecule has 1 aromatic carbocycles. The van der Waals surface area contributed by atoms with Gasteiger partial charge in [-0.1, -0.05) is 86.5 Å². The van der Waals surface area contributed by atoms with Crippen LogP contribution in [-0.2, 0) is 9.47 Å². The van der Waals surface area contributed by atoms with E-state index in [1.165, 1.54) is 19.3 Å². The van der Waals surface area contributed by atoms with Crippen molar-refractivity contribution in [3.63, 3.8) is 0 Å². The van der Waals surface area contributed by atoms with Crippen molar-refractivity contribution in [3.05, 3.63) is 17.7 Å². The maximum Gasteiger partial charge on any atom is 0.338 e. The summed E-state index contributed by atoms with van der Waals surface area (Å²) in [5.74, 6) is 2.66. The van der Waals surface area contributed by atoms with Crippen LogP contribution in [0.4, 0.5) is 0 Å². The third-order valence-corrected chi connectivity index (χ3v) is 9.86. The summed E-state index contributed by atoms with van der Waals surface area (Å²) in [6.07, 6.45) is 11.8. The number of hydrogen-bond donors (Lipinski definition) is 1. The minimum atomic E-state index is -0.353. The van der Waals surface area contributed by atoms with Gasteiger partial charge in [0.05, 0.1) is 51.8 Å². The fourth-order valence-electron chi connectivity index (χ4n) is 5.89. The molecule has 1 saturated heterocycles. The molecule has 1 aliphatic heterocycles. The van der Waals surface area contributed by atoms with Gasteiger partial charge in [0, 0.05) is 32.7 Å². The Kier molecular flexibility index (Phi) is 23.5. The van der Waals surface area contributed by atoms with Gasteiger partial charge in [0.15, 0.2) is 11.5 Å². The van der Waals surface area contributed by atoms with Gasteiger partial charge in [0.2, 0.25) is 5.75 Å². The molecule has 1 aromatic rings. The Bertz CT molecular complexity index is 986. The number of rotatable bonds is 29. The third kappa shape index (κ3) is 17.6. The first-order valence-electron chi connectivity index (χ1n) is 19.7. The lowest BCUT2D eigenvalue weighted by Gasteiger charge is -2.34. The molecule has 0 aliphatic carbocycles. The van der Waals surface area contributed by atoms with Crippen LogP contribution in [-0.4, -0.2) is 106 Å². The number of aliphatic hydroxyl groups excluding tert-OH is 1. The molecule has 1 aliphatic rings. The van der Waals surface area contributed by atoms with Gasteiger partial charge in [0.1, 0.15) is 0 Å². The maximum atomic E-state index is 13.4. The average molecular weight is 693 g/mol. The highest BCUT2D eigenvalue weighted by molar-refractivity contribution is 5.91. The number of unbranched alkanes of at least 4 members (excludes halogenated alkanes) is 3. The summed E-state index contributed by atoms with van der Waals surface area (Å²) in [5.41, 5.74) is 0.445. The summed E-state index contributed by atoms with van der Waals surface area (Å²) in [6, 6.07) is 3.60. The number of carbonyl (C=O) groups is 1. The van der Waals surface area contributed by atoms with E-state index < -0.39 is 0 Å². The van der Waals surface area contributed by atoms with Crippen LogP contribution < -0.4 is 14.2 Å². The van der Waals surface area contributed by atoms with Crippen LogP contribution in [0, 0.1) is 17.8 Å². The summed E-state index contributed by atoms with van der Waals surface area (Å²) in [4.78, 5) is 18.3. The summed E-state index contributed by atoms with van der Waals surface area (Å²) in [7, 11) is 0. The van der Waals surface area contributed by atoms with Gasteiger partial charge < -0.3 is 33.7 Å². The summed E-state index contributed by atoms with van der Waals surface area (Å²) < 4.78 is 30.6. The SMILES string of the molecule is CCCCC(CC)COc1cc(C(=O)OCCCCN2CCN(CCOCCO)CC2)cc(OCC(C)CC)c1OCC(CC)CCCC. The zero-order valence-electron chi connectivity index (χ0n) is 32.1. The molecule has 1 fully saturated rings. The lowest BCUT2D eigenvalue weighted by Crippen LogP contribution is -2.47. The Hall–Kier alpha value is -2.07. The number of nitrogens with zero attached hydrogens (tertiary/aromatic N) is 2. The van der Waals surface area contributed by atoms with Crippen LogP contribution in [0.3, 0.4) is 0 Å². The van der Waals surface area contributed by atoms with Gasteiger partial charge in [-0.05, 0) is 62.1 Å². The van der Waals surface area contributed by atoms with E-state index in [1.807, 2.05) is 6.07 Å². The second-order valence-corrected chi connectivity index (χ2v) is 13.9. The normalized spacial score (nSPS) is 15.9. The summed E-state index contributed by atoms with van der Waals surface area (Å²) >= 11 is 0. The molecule has 0 spiro atoms. The average Bonchev–Trinajstić information content (AvgIpc) is 3.13. The first kappa shape index (κ1) is 43.1. The first-order chi connectivity index (χ1) is 23.9. The minimum Gasteiger partial charge on any atom is -0.489 e. The van der Waals surface area contributed by atoms with Crippen LogP contribution in [0.25, 0.3) is 0 Å². The Morgan fingerprint density at radius 2 is 1.29 bits per heavy atom. The molecule has 2 rings (SSSR count). The Morgan fingerprint density at radius 1 is 0.714 bits per heavy atom. The number of piperazine rings is 1. The smallest absolute Gasteiger partial charge is 0.338 e. The molecule has 49 heavy (non-hydrogen) atoms. The van der Waals surface area contributed by atoms with Crippen LogP contribution in [0.15, 0.2) is 12.1 Å². The van der Waals surface area contributed by atoms with E-state index in [2.05, 4.69) is 51.3 Å². The molecular weight excluding hydrogens is 620 g/mol. The predicted molar refractivity (Wildman–Crippen MR) is 199 cm³/mol. The quantitative estimate of drug-likeness (QED) is 0.0666. The molecule has 3 unspecified atom stereocenters. The van der Waals surface area contributed by atoms with Crippen molar-refractivity contribution < 1.29 is 33.6 Å². The third-order valence-electron chi connectivity index (χ3n) is 9.86. The zero-order valence-corrected chi connectivity index (χ0v) is 32.1. The van der Waals surface area contributed by atoms with E-state index in [0.717, 1.165) is 90.6 Å². The second-order valence-electron chi connectivity index (χ2n) is 13.9. The topological polar surface area (TPSA) is 89.9 Å². The summed E-state index contributed by atoms with van der Waals surface area (Å²) in [5, 5.41) is 8.86. The number of ether oxygens (including phenoxy) is 5. The second kappa shape index (κ2) is 26.7. The van der Waals surface area contributed by atoms with Crippen molar-refractivity contribution in [3.8, 4) is 17.2 Å². The van der Waals surface area contributed by atoms with Crippen molar-refractivity contribution in [2.75, 3.05) is 85.5 Å². The molecular formula is C40H72N2O7. The standard InChI is InChI=1S/C40H72N2O7/c1-7-12-16-34(10-4)31-48-38-29-36(28-37(47-30-33(6)9-3)39(38)49-32-35(11-5)17-13-8-2)40(44)46-25-15-14-18-41-19-21-42(22-20-41)23-26-45-27-24-43/h28-29,33-35,43H,7-27,30-32H2,1-6H3. The number of benzene rings is 1. The van der Waals surface area contributed by atoms with Crippen molar-refractivity contribution in [2.45, 2.75) is 112 Å². The molecule has 0 aromatic heterocycles. The van der Waals surface area contributed by atoms with E-state index in [9.17, 15) is 4.79 Å². The largest absolute Gasteiger partial charge is 0.489 e. The zero-order chi connectivity index (χ0) is 35.7. The first-order valence-corrected chi connectivity index (χ1v) is 19.7. The van der Waals surface area contributed by atoms with Gasteiger partial charge in [0.25, 0.3) is 0 Å². The van der Waals surface area contributed by atoms with E-state index in [1.54, 1.807) is 6.07 Å². The minimum absolute atomic E-state index is 0.0744. The number of aliphatic hydroxyl groups is 1. The van der Waals surface area contributed by atoms with Gasteiger partial charge in [-0.3, -0.25) is 4.90 Å². The van der Waals surface area contributed by atoms with Gasteiger partial charge >= 0.3 is 5.97 Å². The molecule has 3 atom stereocenters. The van der Waals surface area contributed by atoms with E-state index in [0.29, 0.717) is 80.2 Å². The van der Waals surface area contributed by atoms with Crippen molar-refractivity contribution in [1.29, 1.82) is 0 Å². The number of carbonyl (C=O) groups excluding carboxylic acids is 1. The molecule has 0 amide bonds. The van der Waals surface area contributed by atoms with E-state index in [4.69, 9.17) is 28.8 Å². The maximum absolute atomic E-state index is 13.4. The monoisotopic (exact) mass is 693 g/mol. The molecule has 1 N–H and O–H groups in total. The Morgan fingerprint density at radius 3 is 1.84 bits per heavy atom. The molecule has 9 heteroatoms. The van der Waals surface area contributed by atoms with Crippen LogP contribution >= 0.6 is 0 Å². The fourth-order valence-corrected chi connectivity index (χ4v) is 5.89. The van der Waals surface area contributed by atoms with Gasteiger partial charge in [-0.15, -0.1) is 0 Å².